The van der Waals surface area contributed by atoms with E-state index in [1.54, 1.807) is 0 Å². The molecule has 0 unspecified atom stereocenters. The number of benzene rings is 5. The van der Waals surface area contributed by atoms with Crippen LogP contribution in [0.1, 0.15) is 27.0 Å². The molecule has 0 spiro atoms. The summed E-state index contributed by atoms with van der Waals surface area (Å²) in [5, 5.41) is 0. The molecule has 0 saturated heterocycles. The minimum atomic E-state index is -1.19. The van der Waals surface area contributed by atoms with E-state index in [9.17, 15) is 9.59 Å². The molecule has 0 N–H and O–H groups in total. The normalized spacial score (nSPS) is 14.1. The third kappa shape index (κ3) is 3.18. The van der Waals surface area contributed by atoms with Gasteiger partial charge in [0.1, 0.15) is 5.41 Å². The molecule has 0 radical (unpaired) electrons. The van der Waals surface area contributed by atoms with Crippen molar-refractivity contribution in [2.75, 3.05) is 0 Å². The Kier molecular flexibility index (Phi) is 5.00. The van der Waals surface area contributed by atoms with Crippen molar-refractivity contribution >= 4 is 11.6 Å². The second-order valence-corrected chi connectivity index (χ2v) is 8.82. The summed E-state index contributed by atoms with van der Waals surface area (Å²) in [5.74, 6) is -0.848. The Balaban J connectivity index is 1.74. The maximum absolute atomic E-state index is 14.0. The molecule has 0 saturated carbocycles. The highest BCUT2D eigenvalue weighted by Crippen LogP contribution is 2.49. The predicted molar refractivity (Wildman–Crippen MR) is 139 cm³/mol. The van der Waals surface area contributed by atoms with Crippen LogP contribution in [-0.4, -0.2) is 11.6 Å². The van der Waals surface area contributed by atoms with E-state index in [0.717, 1.165) is 38.9 Å². The van der Waals surface area contributed by atoms with Crippen molar-refractivity contribution in [1.82, 2.24) is 0 Å². The lowest BCUT2D eigenvalue weighted by Crippen LogP contribution is -2.36. The van der Waals surface area contributed by atoms with Crippen LogP contribution in [0.25, 0.3) is 22.3 Å². The quantitative estimate of drug-likeness (QED) is 0.273. The van der Waals surface area contributed by atoms with Gasteiger partial charge in [0.15, 0.2) is 0 Å². The van der Waals surface area contributed by atoms with Crippen LogP contribution in [0.5, 0.6) is 0 Å². The first-order valence-electron chi connectivity index (χ1n) is 11.7. The molecular weight excluding hydrogens is 428 g/mol. The summed E-state index contributed by atoms with van der Waals surface area (Å²) in [6, 6.07) is 43.5. The smallest absolute Gasteiger partial charge is 0.230 e. The number of Topliss-reactive ketones (excluding diaryl/α,β-unsaturated/α-hetero) is 2. The highest BCUT2D eigenvalue weighted by molar-refractivity contribution is 6.52. The fourth-order valence-corrected chi connectivity index (χ4v) is 5.34. The van der Waals surface area contributed by atoms with Crippen LogP contribution in [0.4, 0.5) is 0 Å². The molecule has 2 nitrogen and oxygen atoms in total. The first-order valence-corrected chi connectivity index (χ1v) is 11.7. The summed E-state index contributed by atoms with van der Waals surface area (Å²) in [6.07, 6.45) is 0. The molecule has 0 fully saturated rings. The van der Waals surface area contributed by atoms with Gasteiger partial charge in [0, 0.05) is 5.56 Å². The van der Waals surface area contributed by atoms with Crippen molar-refractivity contribution in [3.05, 3.63) is 156 Å². The zero-order valence-electron chi connectivity index (χ0n) is 19.0. The molecule has 0 bridgehead atoms. The highest BCUT2D eigenvalue weighted by Gasteiger charge is 2.54. The summed E-state index contributed by atoms with van der Waals surface area (Å²) in [4.78, 5) is 27.7. The maximum Gasteiger partial charge on any atom is 0.230 e. The summed E-state index contributed by atoms with van der Waals surface area (Å²) >= 11 is 0. The van der Waals surface area contributed by atoms with E-state index in [0.29, 0.717) is 5.56 Å². The Morgan fingerprint density at radius 3 is 1.29 bits per heavy atom. The van der Waals surface area contributed by atoms with Crippen molar-refractivity contribution in [2.45, 2.75) is 5.41 Å². The third-order valence-electron chi connectivity index (χ3n) is 6.94. The minimum Gasteiger partial charge on any atom is -0.289 e. The van der Waals surface area contributed by atoms with Gasteiger partial charge >= 0.3 is 0 Å². The molecule has 0 atom stereocenters. The van der Waals surface area contributed by atoms with Crippen LogP contribution >= 0.6 is 0 Å². The van der Waals surface area contributed by atoms with Gasteiger partial charge in [-0.05, 0) is 51.1 Å². The highest BCUT2D eigenvalue weighted by atomic mass is 16.2. The number of carbonyl (C=O) groups excluding carboxylic acids is 2. The van der Waals surface area contributed by atoms with Crippen LogP contribution in [0.2, 0.25) is 0 Å². The van der Waals surface area contributed by atoms with Crippen LogP contribution in [-0.2, 0) is 10.2 Å². The molecule has 0 amide bonds. The van der Waals surface area contributed by atoms with Gasteiger partial charge in [-0.3, -0.25) is 9.59 Å². The summed E-state index contributed by atoms with van der Waals surface area (Å²) < 4.78 is 0. The van der Waals surface area contributed by atoms with Crippen LogP contribution in [0, 0.1) is 0 Å². The van der Waals surface area contributed by atoms with E-state index < -0.39 is 17.0 Å². The van der Waals surface area contributed by atoms with E-state index in [-0.39, 0.29) is 0 Å². The summed E-state index contributed by atoms with van der Waals surface area (Å²) in [5.41, 5.74) is 5.60. The van der Waals surface area contributed by atoms with Crippen LogP contribution in [0.3, 0.4) is 0 Å². The fraction of sp³-hybridized carbons (Fsp3) is 0.0303. The molecule has 1 aliphatic rings. The number of fused-ring (bicyclic) bond motifs is 1. The monoisotopic (exact) mass is 450 g/mol. The van der Waals surface area contributed by atoms with Crippen molar-refractivity contribution in [3.8, 4) is 22.3 Å². The Hall–Kier alpha value is -4.56. The molecule has 5 aromatic carbocycles. The molecule has 0 aliphatic heterocycles. The van der Waals surface area contributed by atoms with Crippen LogP contribution < -0.4 is 0 Å². The van der Waals surface area contributed by atoms with E-state index in [1.165, 1.54) is 0 Å². The number of carbonyl (C=O) groups is 2. The Morgan fingerprint density at radius 2 is 0.829 bits per heavy atom. The molecule has 35 heavy (non-hydrogen) atoms. The Morgan fingerprint density at radius 1 is 0.429 bits per heavy atom. The van der Waals surface area contributed by atoms with Crippen molar-refractivity contribution < 1.29 is 9.59 Å². The lowest BCUT2D eigenvalue weighted by molar-refractivity contribution is -0.117. The van der Waals surface area contributed by atoms with Gasteiger partial charge in [0.05, 0.1) is 0 Å². The molecule has 1 aliphatic carbocycles. The molecule has 0 heterocycles. The zero-order valence-corrected chi connectivity index (χ0v) is 19.0. The third-order valence-corrected chi connectivity index (χ3v) is 6.94. The van der Waals surface area contributed by atoms with E-state index in [2.05, 4.69) is 18.2 Å². The topological polar surface area (TPSA) is 34.1 Å². The molecular formula is C33H22O2. The lowest BCUT2D eigenvalue weighted by atomic mass is 9.69. The van der Waals surface area contributed by atoms with Gasteiger partial charge in [-0.1, -0.05) is 121 Å². The van der Waals surface area contributed by atoms with Crippen LogP contribution in [0.15, 0.2) is 133 Å². The maximum atomic E-state index is 14.0. The molecule has 0 aromatic heterocycles. The first-order chi connectivity index (χ1) is 17.2. The number of hydrogen-bond acceptors (Lipinski definition) is 2. The SMILES string of the molecule is O=C1C(=O)C(c2ccccc2)(c2ccccc2)c2cc(-c3ccccc3)c(-c3ccccc3)cc21. The summed E-state index contributed by atoms with van der Waals surface area (Å²) in [6.45, 7) is 0. The van der Waals surface area contributed by atoms with Gasteiger partial charge < -0.3 is 0 Å². The van der Waals surface area contributed by atoms with Gasteiger partial charge in [0.25, 0.3) is 0 Å². The van der Waals surface area contributed by atoms with Gasteiger partial charge in [0.2, 0.25) is 11.6 Å². The van der Waals surface area contributed by atoms with Gasteiger partial charge in [-0.2, -0.15) is 0 Å². The van der Waals surface area contributed by atoms with E-state index >= 15 is 0 Å². The van der Waals surface area contributed by atoms with Crippen molar-refractivity contribution in [2.24, 2.45) is 0 Å². The molecule has 6 rings (SSSR count). The Labute approximate surface area is 204 Å². The second-order valence-electron chi connectivity index (χ2n) is 8.82. The second kappa shape index (κ2) is 8.34. The Bertz CT molecular complexity index is 1500. The first kappa shape index (κ1) is 21.0. The molecule has 5 aromatic rings. The minimum absolute atomic E-state index is 0.408. The number of rotatable bonds is 4. The average molecular weight is 451 g/mol. The standard InChI is InChI=1S/C33H22O2/c34-31-29-21-27(23-13-5-1-6-14-23)28(24-15-7-2-8-16-24)22-30(29)33(32(31)35,25-17-9-3-10-18-25)26-19-11-4-12-20-26/h1-22H. The fourth-order valence-electron chi connectivity index (χ4n) is 5.34. The average Bonchev–Trinajstić information content (AvgIpc) is 3.16. The molecule has 166 valence electrons. The van der Waals surface area contributed by atoms with Gasteiger partial charge in [-0.25, -0.2) is 0 Å². The molecule has 2 heteroatoms. The van der Waals surface area contributed by atoms with Gasteiger partial charge in [-0.15, -0.1) is 0 Å². The van der Waals surface area contributed by atoms with E-state index in [4.69, 9.17) is 0 Å². The summed E-state index contributed by atoms with van der Waals surface area (Å²) in [7, 11) is 0. The van der Waals surface area contributed by atoms with E-state index in [1.807, 2.05) is 115 Å². The number of hydrogen-bond donors (Lipinski definition) is 0. The van der Waals surface area contributed by atoms with Crippen molar-refractivity contribution in [1.29, 1.82) is 0 Å². The predicted octanol–water partition coefficient (Wildman–Crippen LogP) is 7.12. The zero-order chi connectivity index (χ0) is 23.8. The number of ketones is 2. The van der Waals surface area contributed by atoms with Crippen molar-refractivity contribution in [3.63, 3.8) is 0 Å². The largest absolute Gasteiger partial charge is 0.289 e. The lowest BCUT2D eigenvalue weighted by Gasteiger charge is -2.30.